The van der Waals surface area contributed by atoms with Gasteiger partial charge in [0.15, 0.2) is 6.10 Å². The number of halogens is 1. The zero-order valence-corrected chi connectivity index (χ0v) is 13.1. The third-order valence-corrected chi connectivity index (χ3v) is 3.07. The number of carbonyl (C=O) groups is 2. The van der Waals surface area contributed by atoms with Crippen LogP contribution in [0.1, 0.15) is 18.1 Å². The van der Waals surface area contributed by atoms with Crippen molar-refractivity contribution in [3.63, 3.8) is 0 Å². The molecule has 0 fully saturated rings. The molecule has 0 heterocycles. The van der Waals surface area contributed by atoms with E-state index in [1.54, 1.807) is 6.07 Å². The van der Waals surface area contributed by atoms with Crippen molar-refractivity contribution < 1.29 is 19.4 Å². The smallest absolute Gasteiger partial charge is 0.321 e. The van der Waals surface area contributed by atoms with Gasteiger partial charge in [-0.05, 0) is 31.5 Å². The number of nitrogens with one attached hydrogen (secondary N) is 2. The second kappa shape index (κ2) is 7.25. The fraction of sp³-hybridized carbons (Fsp3) is 0.385. The minimum absolute atomic E-state index is 0.209. The molecule has 20 heavy (non-hydrogen) atoms. The summed E-state index contributed by atoms with van der Waals surface area (Å²) in [6.07, 6.45) is -0.863. The van der Waals surface area contributed by atoms with Crippen molar-refractivity contribution in [3.05, 3.63) is 27.7 Å². The van der Waals surface area contributed by atoms with Gasteiger partial charge >= 0.3 is 6.03 Å². The number of amides is 3. The number of carbonyl (C=O) groups excluding carboxylic acids is 2. The van der Waals surface area contributed by atoms with Crippen LogP contribution >= 0.6 is 15.9 Å². The van der Waals surface area contributed by atoms with Gasteiger partial charge in [0.1, 0.15) is 5.75 Å². The molecule has 110 valence electrons. The van der Waals surface area contributed by atoms with Crippen LogP contribution in [-0.2, 0) is 11.4 Å². The Morgan fingerprint density at radius 3 is 2.65 bits per heavy atom. The molecule has 0 saturated heterocycles. The van der Waals surface area contributed by atoms with Crippen molar-refractivity contribution in [3.8, 4) is 5.75 Å². The van der Waals surface area contributed by atoms with Crippen molar-refractivity contribution in [1.82, 2.24) is 10.6 Å². The molecule has 1 atom stereocenters. The zero-order valence-electron chi connectivity index (χ0n) is 11.5. The monoisotopic (exact) mass is 344 g/mol. The van der Waals surface area contributed by atoms with E-state index in [0.717, 1.165) is 10.0 Å². The van der Waals surface area contributed by atoms with E-state index in [9.17, 15) is 14.7 Å². The SMILES string of the molecule is CNC(=O)NC(=O)C(C)Oc1c(C)cc(Br)cc1CO. The van der Waals surface area contributed by atoms with Crippen molar-refractivity contribution in [2.75, 3.05) is 7.05 Å². The number of hydrogen-bond donors (Lipinski definition) is 3. The quantitative estimate of drug-likeness (QED) is 0.771. The molecule has 0 spiro atoms. The number of ether oxygens (including phenoxy) is 1. The second-order valence-corrected chi connectivity index (χ2v) is 5.11. The van der Waals surface area contributed by atoms with Gasteiger partial charge in [0.2, 0.25) is 0 Å². The van der Waals surface area contributed by atoms with Crippen LogP contribution in [0.15, 0.2) is 16.6 Å². The van der Waals surface area contributed by atoms with E-state index >= 15 is 0 Å². The lowest BCUT2D eigenvalue weighted by molar-refractivity contribution is -0.126. The molecular formula is C13H17BrN2O4. The largest absolute Gasteiger partial charge is 0.480 e. The molecule has 3 N–H and O–H groups in total. The van der Waals surface area contributed by atoms with Gasteiger partial charge in [-0.1, -0.05) is 15.9 Å². The molecule has 0 aliphatic carbocycles. The molecule has 1 unspecified atom stereocenters. The molecule has 0 saturated carbocycles. The van der Waals surface area contributed by atoms with E-state index in [-0.39, 0.29) is 6.61 Å². The second-order valence-electron chi connectivity index (χ2n) is 4.20. The molecule has 6 nitrogen and oxygen atoms in total. The Hall–Kier alpha value is -1.60. The van der Waals surface area contributed by atoms with Gasteiger partial charge < -0.3 is 15.2 Å². The van der Waals surface area contributed by atoms with Crippen molar-refractivity contribution >= 4 is 27.9 Å². The summed E-state index contributed by atoms with van der Waals surface area (Å²) in [6, 6.07) is 2.93. The van der Waals surface area contributed by atoms with Gasteiger partial charge in [-0.15, -0.1) is 0 Å². The van der Waals surface area contributed by atoms with Crippen molar-refractivity contribution in [2.45, 2.75) is 26.6 Å². The lowest BCUT2D eigenvalue weighted by Gasteiger charge is -2.18. The molecule has 0 bridgehead atoms. The first-order valence-corrected chi connectivity index (χ1v) is 6.77. The molecule has 7 heteroatoms. The lowest BCUT2D eigenvalue weighted by atomic mass is 10.1. The number of hydrogen-bond acceptors (Lipinski definition) is 4. The predicted octanol–water partition coefficient (Wildman–Crippen LogP) is 1.47. The van der Waals surface area contributed by atoms with Crippen LogP contribution in [0.4, 0.5) is 4.79 Å². The number of aryl methyl sites for hydroxylation is 1. The lowest BCUT2D eigenvalue weighted by Crippen LogP contribution is -2.44. The first-order valence-electron chi connectivity index (χ1n) is 5.98. The molecule has 1 rings (SSSR count). The number of rotatable bonds is 4. The topological polar surface area (TPSA) is 87.7 Å². The number of aliphatic hydroxyl groups is 1. The van der Waals surface area contributed by atoms with Gasteiger partial charge in [-0.25, -0.2) is 4.79 Å². The minimum atomic E-state index is -0.863. The van der Waals surface area contributed by atoms with Gasteiger partial charge in [-0.2, -0.15) is 0 Å². The van der Waals surface area contributed by atoms with Crippen LogP contribution < -0.4 is 15.4 Å². The maximum atomic E-state index is 11.7. The molecule has 0 aliphatic heterocycles. The average Bonchev–Trinajstić information content (AvgIpc) is 2.40. The molecular weight excluding hydrogens is 328 g/mol. The zero-order chi connectivity index (χ0) is 15.3. The maximum absolute atomic E-state index is 11.7. The fourth-order valence-electron chi connectivity index (χ4n) is 1.59. The van der Waals surface area contributed by atoms with Crippen LogP contribution in [0.25, 0.3) is 0 Å². The minimum Gasteiger partial charge on any atom is -0.480 e. The summed E-state index contributed by atoms with van der Waals surface area (Å²) in [6.45, 7) is 3.13. The van der Waals surface area contributed by atoms with E-state index in [0.29, 0.717) is 11.3 Å². The van der Waals surface area contributed by atoms with Crippen LogP contribution in [0.2, 0.25) is 0 Å². The maximum Gasteiger partial charge on any atom is 0.321 e. The van der Waals surface area contributed by atoms with E-state index in [1.165, 1.54) is 14.0 Å². The van der Waals surface area contributed by atoms with Crippen LogP contribution in [0.3, 0.4) is 0 Å². The summed E-state index contributed by atoms with van der Waals surface area (Å²) >= 11 is 3.33. The highest BCUT2D eigenvalue weighted by molar-refractivity contribution is 9.10. The van der Waals surface area contributed by atoms with Crippen LogP contribution in [0, 0.1) is 6.92 Å². The Bertz CT molecular complexity index is 519. The predicted molar refractivity (Wildman–Crippen MR) is 77.5 cm³/mol. The summed E-state index contributed by atoms with van der Waals surface area (Å²) in [5.41, 5.74) is 1.35. The van der Waals surface area contributed by atoms with E-state index in [1.807, 2.05) is 13.0 Å². The summed E-state index contributed by atoms with van der Waals surface area (Å²) in [5, 5.41) is 13.8. The average molecular weight is 345 g/mol. The Balaban J connectivity index is 2.87. The Kier molecular flexibility index (Phi) is 5.97. The van der Waals surface area contributed by atoms with Crippen molar-refractivity contribution in [2.24, 2.45) is 0 Å². The Morgan fingerprint density at radius 1 is 1.45 bits per heavy atom. The summed E-state index contributed by atoms with van der Waals surface area (Å²) in [4.78, 5) is 22.8. The molecule has 1 aromatic carbocycles. The van der Waals surface area contributed by atoms with Crippen molar-refractivity contribution in [1.29, 1.82) is 0 Å². The summed E-state index contributed by atoms with van der Waals surface area (Å²) in [7, 11) is 1.41. The summed E-state index contributed by atoms with van der Waals surface area (Å²) in [5.74, 6) is -0.120. The highest BCUT2D eigenvalue weighted by atomic mass is 79.9. The number of benzene rings is 1. The molecule has 0 radical (unpaired) electrons. The van der Waals surface area contributed by atoms with E-state index in [4.69, 9.17) is 4.74 Å². The van der Waals surface area contributed by atoms with E-state index in [2.05, 4.69) is 26.6 Å². The standard InChI is InChI=1S/C13H17BrN2O4/c1-7-4-10(14)5-9(6-17)11(7)20-8(2)12(18)16-13(19)15-3/h4-5,8,17H,6H2,1-3H3,(H2,15,16,18,19). The van der Waals surface area contributed by atoms with Gasteiger partial charge in [-0.3, -0.25) is 10.1 Å². The van der Waals surface area contributed by atoms with Gasteiger partial charge in [0.05, 0.1) is 6.61 Å². The first-order chi connectivity index (χ1) is 9.38. The normalized spacial score (nSPS) is 11.7. The van der Waals surface area contributed by atoms with Gasteiger partial charge in [0, 0.05) is 17.1 Å². The highest BCUT2D eigenvalue weighted by Crippen LogP contribution is 2.29. The third-order valence-electron chi connectivity index (χ3n) is 2.61. The highest BCUT2D eigenvalue weighted by Gasteiger charge is 2.19. The fourth-order valence-corrected chi connectivity index (χ4v) is 2.21. The number of aliphatic hydroxyl groups excluding tert-OH is 1. The number of imide groups is 1. The van der Waals surface area contributed by atoms with Crippen LogP contribution in [-0.4, -0.2) is 30.2 Å². The van der Waals surface area contributed by atoms with Crippen LogP contribution in [0.5, 0.6) is 5.75 Å². The third kappa shape index (κ3) is 4.21. The Morgan fingerprint density at radius 2 is 2.10 bits per heavy atom. The molecule has 1 aromatic rings. The summed E-state index contributed by atoms with van der Waals surface area (Å²) < 4.78 is 6.37. The van der Waals surface area contributed by atoms with E-state index < -0.39 is 18.0 Å². The van der Waals surface area contributed by atoms with Gasteiger partial charge in [0.25, 0.3) is 5.91 Å². The first kappa shape index (κ1) is 16.5. The Labute approximate surface area is 125 Å². The molecule has 3 amide bonds. The molecule has 0 aromatic heterocycles. The molecule has 0 aliphatic rings. The number of urea groups is 1.